The summed E-state index contributed by atoms with van der Waals surface area (Å²) in [4.78, 5) is 15.6. The summed E-state index contributed by atoms with van der Waals surface area (Å²) in [6.45, 7) is 2.48. The SMILES string of the molecule is CCOc1ccccc1[C@@H]1C=NC(N)=CC(=O)N1. The molecular formula is C13H15N3O2. The standard InChI is InChI=1S/C13H15N3O2/c1-2-18-11-6-4-3-5-9(11)10-8-15-12(14)7-13(17)16-10/h3-8,10H,2,14H2,1H3,(H,16,17)/t10-/m0/s1. The summed E-state index contributed by atoms with van der Waals surface area (Å²) in [6.07, 6.45) is 2.87. The van der Waals surface area contributed by atoms with Crippen LogP contribution in [0.1, 0.15) is 18.5 Å². The molecule has 18 heavy (non-hydrogen) atoms. The van der Waals surface area contributed by atoms with Crippen LogP contribution >= 0.6 is 0 Å². The van der Waals surface area contributed by atoms with Gasteiger partial charge in [-0.2, -0.15) is 0 Å². The average molecular weight is 245 g/mol. The van der Waals surface area contributed by atoms with E-state index in [9.17, 15) is 4.79 Å². The number of aliphatic imine (C=N–C) groups is 1. The number of rotatable bonds is 3. The molecule has 0 saturated heterocycles. The van der Waals surface area contributed by atoms with Crippen LogP contribution < -0.4 is 15.8 Å². The number of hydrogen-bond donors (Lipinski definition) is 2. The number of amides is 1. The molecule has 1 heterocycles. The molecule has 1 aliphatic rings. The monoisotopic (exact) mass is 245 g/mol. The summed E-state index contributed by atoms with van der Waals surface area (Å²) in [5, 5.41) is 2.80. The van der Waals surface area contributed by atoms with E-state index < -0.39 is 0 Å². The van der Waals surface area contributed by atoms with Gasteiger partial charge in [-0.1, -0.05) is 18.2 Å². The molecule has 0 aliphatic carbocycles. The van der Waals surface area contributed by atoms with Gasteiger partial charge in [0, 0.05) is 17.9 Å². The first-order valence-corrected chi connectivity index (χ1v) is 5.74. The van der Waals surface area contributed by atoms with Crippen LogP contribution in [0.2, 0.25) is 0 Å². The second-order valence-electron chi connectivity index (χ2n) is 3.80. The molecule has 1 atom stereocenters. The van der Waals surface area contributed by atoms with E-state index in [0.717, 1.165) is 11.3 Å². The number of nitrogens with two attached hydrogens (primary N) is 1. The lowest BCUT2D eigenvalue weighted by atomic mass is 10.1. The highest BCUT2D eigenvalue weighted by molar-refractivity contribution is 5.92. The van der Waals surface area contributed by atoms with Gasteiger partial charge in [0.1, 0.15) is 11.6 Å². The maximum absolute atomic E-state index is 11.6. The Labute approximate surface area is 105 Å². The maximum Gasteiger partial charge on any atom is 0.248 e. The smallest absolute Gasteiger partial charge is 0.248 e. The fourth-order valence-electron chi connectivity index (χ4n) is 1.75. The molecule has 1 aromatic rings. The minimum atomic E-state index is -0.336. The Balaban J connectivity index is 2.31. The number of nitrogens with zero attached hydrogens (tertiary/aromatic N) is 1. The minimum Gasteiger partial charge on any atom is -0.494 e. The number of carbonyl (C=O) groups excluding carboxylic acids is 1. The van der Waals surface area contributed by atoms with Crippen molar-refractivity contribution in [3.8, 4) is 5.75 Å². The number of hydrogen-bond acceptors (Lipinski definition) is 4. The topological polar surface area (TPSA) is 76.7 Å². The highest BCUT2D eigenvalue weighted by atomic mass is 16.5. The van der Waals surface area contributed by atoms with Crippen LogP contribution in [0.5, 0.6) is 5.75 Å². The number of carbonyl (C=O) groups is 1. The Kier molecular flexibility index (Phi) is 3.62. The largest absolute Gasteiger partial charge is 0.494 e. The molecule has 5 heteroatoms. The van der Waals surface area contributed by atoms with E-state index in [1.807, 2.05) is 31.2 Å². The van der Waals surface area contributed by atoms with Gasteiger partial charge in [0.15, 0.2) is 0 Å². The van der Waals surface area contributed by atoms with E-state index in [1.54, 1.807) is 6.21 Å². The van der Waals surface area contributed by atoms with Crippen LogP contribution in [-0.4, -0.2) is 18.7 Å². The molecule has 0 saturated carbocycles. The van der Waals surface area contributed by atoms with Crippen molar-refractivity contribution in [1.29, 1.82) is 0 Å². The molecule has 0 unspecified atom stereocenters. The fourth-order valence-corrected chi connectivity index (χ4v) is 1.75. The molecule has 1 amide bonds. The van der Waals surface area contributed by atoms with E-state index in [1.165, 1.54) is 6.08 Å². The third-order valence-electron chi connectivity index (χ3n) is 2.50. The molecule has 0 radical (unpaired) electrons. The van der Waals surface area contributed by atoms with Crippen LogP contribution in [-0.2, 0) is 4.79 Å². The minimum absolute atomic E-state index is 0.198. The molecule has 0 fully saturated rings. The van der Waals surface area contributed by atoms with E-state index in [-0.39, 0.29) is 17.8 Å². The van der Waals surface area contributed by atoms with Gasteiger partial charge in [-0.25, -0.2) is 4.99 Å². The molecule has 0 aromatic heterocycles. The van der Waals surface area contributed by atoms with E-state index in [0.29, 0.717) is 6.61 Å². The molecule has 5 nitrogen and oxygen atoms in total. The Morgan fingerprint density at radius 1 is 1.44 bits per heavy atom. The van der Waals surface area contributed by atoms with Crippen molar-refractivity contribution >= 4 is 12.1 Å². The van der Waals surface area contributed by atoms with Crippen LogP contribution in [0.25, 0.3) is 0 Å². The summed E-state index contributed by atoms with van der Waals surface area (Å²) in [6, 6.07) is 7.19. The predicted molar refractivity (Wildman–Crippen MR) is 69.3 cm³/mol. The number of nitrogens with one attached hydrogen (secondary N) is 1. The third kappa shape index (κ3) is 2.68. The van der Waals surface area contributed by atoms with Gasteiger partial charge in [-0.05, 0) is 13.0 Å². The zero-order valence-corrected chi connectivity index (χ0v) is 10.1. The van der Waals surface area contributed by atoms with Crippen molar-refractivity contribution < 1.29 is 9.53 Å². The maximum atomic E-state index is 11.6. The van der Waals surface area contributed by atoms with Crippen LogP contribution in [0.15, 0.2) is 41.2 Å². The number of benzene rings is 1. The normalized spacial score (nSPS) is 18.8. The van der Waals surface area contributed by atoms with Gasteiger partial charge < -0.3 is 15.8 Å². The van der Waals surface area contributed by atoms with E-state index >= 15 is 0 Å². The molecular weight excluding hydrogens is 230 g/mol. The molecule has 3 N–H and O–H groups in total. The van der Waals surface area contributed by atoms with Crippen LogP contribution in [0.4, 0.5) is 0 Å². The number of ether oxygens (including phenoxy) is 1. The molecule has 0 spiro atoms. The molecule has 94 valence electrons. The number of para-hydroxylation sites is 1. The van der Waals surface area contributed by atoms with Crippen molar-refractivity contribution in [2.24, 2.45) is 10.7 Å². The van der Waals surface area contributed by atoms with Crippen molar-refractivity contribution in [3.05, 3.63) is 41.7 Å². The Hall–Kier alpha value is -2.30. The summed E-state index contributed by atoms with van der Waals surface area (Å²) in [5.41, 5.74) is 6.39. The van der Waals surface area contributed by atoms with Crippen molar-refractivity contribution in [3.63, 3.8) is 0 Å². The lowest BCUT2D eigenvalue weighted by molar-refractivity contribution is -0.116. The zero-order chi connectivity index (χ0) is 13.0. The van der Waals surface area contributed by atoms with Gasteiger partial charge in [-0.3, -0.25) is 4.79 Å². The lowest BCUT2D eigenvalue weighted by Crippen LogP contribution is -2.27. The predicted octanol–water partition coefficient (Wildman–Crippen LogP) is 1.13. The van der Waals surface area contributed by atoms with Gasteiger partial charge in [-0.15, -0.1) is 0 Å². The second kappa shape index (κ2) is 5.35. The molecule has 1 aliphatic heterocycles. The lowest BCUT2D eigenvalue weighted by Gasteiger charge is -2.16. The van der Waals surface area contributed by atoms with Crippen LogP contribution in [0, 0.1) is 0 Å². The summed E-state index contributed by atoms with van der Waals surface area (Å²) < 4.78 is 5.53. The van der Waals surface area contributed by atoms with E-state index in [4.69, 9.17) is 10.5 Å². The quantitative estimate of drug-likeness (QED) is 0.838. The highest BCUT2D eigenvalue weighted by Gasteiger charge is 2.17. The first-order valence-electron chi connectivity index (χ1n) is 5.74. The molecule has 2 rings (SSSR count). The third-order valence-corrected chi connectivity index (χ3v) is 2.50. The first kappa shape index (κ1) is 12.2. The average Bonchev–Trinajstić information content (AvgIpc) is 2.51. The molecule has 1 aromatic carbocycles. The summed E-state index contributed by atoms with van der Waals surface area (Å²) >= 11 is 0. The highest BCUT2D eigenvalue weighted by Crippen LogP contribution is 2.24. The summed E-state index contributed by atoms with van der Waals surface area (Å²) in [5.74, 6) is 0.669. The van der Waals surface area contributed by atoms with Crippen molar-refractivity contribution in [2.75, 3.05) is 6.61 Å². The Bertz CT molecular complexity index is 509. The fraction of sp³-hybridized carbons (Fsp3) is 0.231. The molecule has 0 bridgehead atoms. The van der Waals surface area contributed by atoms with Gasteiger partial charge in [0.2, 0.25) is 5.91 Å². The van der Waals surface area contributed by atoms with E-state index in [2.05, 4.69) is 10.3 Å². The van der Waals surface area contributed by atoms with Crippen molar-refractivity contribution in [1.82, 2.24) is 5.32 Å². The van der Waals surface area contributed by atoms with Crippen LogP contribution in [0.3, 0.4) is 0 Å². The zero-order valence-electron chi connectivity index (χ0n) is 10.1. The van der Waals surface area contributed by atoms with Gasteiger partial charge in [0.25, 0.3) is 0 Å². The van der Waals surface area contributed by atoms with Crippen molar-refractivity contribution in [2.45, 2.75) is 13.0 Å². The second-order valence-corrected chi connectivity index (χ2v) is 3.80. The first-order chi connectivity index (χ1) is 8.70. The summed E-state index contributed by atoms with van der Waals surface area (Å²) in [7, 11) is 0. The van der Waals surface area contributed by atoms with Gasteiger partial charge in [0.05, 0.1) is 12.6 Å². The van der Waals surface area contributed by atoms with Gasteiger partial charge >= 0.3 is 0 Å². The Morgan fingerprint density at radius 2 is 2.22 bits per heavy atom. The Morgan fingerprint density at radius 3 is 3.00 bits per heavy atom.